The van der Waals surface area contributed by atoms with Gasteiger partial charge in [0.25, 0.3) is 0 Å². The molecule has 2 rings (SSSR count). The minimum Gasteiger partial charge on any atom is -0.367 e. The molecule has 0 spiro atoms. The average Bonchev–Trinajstić information content (AvgIpc) is 2.60. The third-order valence-electron chi connectivity index (χ3n) is 2.31. The fourth-order valence-electron chi connectivity index (χ4n) is 1.55. The van der Waals surface area contributed by atoms with Gasteiger partial charge in [-0.1, -0.05) is 23.2 Å². The summed E-state index contributed by atoms with van der Waals surface area (Å²) in [6, 6.07) is 0. The van der Waals surface area contributed by atoms with Crippen LogP contribution in [0.1, 0.15) is 31.7 Å². The molecule has 2 atom stereocenters. The first-order valence-corrected chi connectivity index (χ1v) is 6.16. The number of hydrogen-bond acceptors (Lipinski definition) is 3. The van der Waals surface area contributed by atoms with E-state index in [1.165, 1.54) is 0 Å². The van der Waals surface area contributed by atoms with Gasteiger partial charge in [0.1, 0.15) is 16.4 Å². The lowest BCUT2D eigenvalue weighted by molar-refractivity contribution is 0.0503. The third-order valence-corrected chi connectivity index (χ3v) is 4.06. The van der Waals surface area contributed by atoms with Crippen LogP contribution in [-0.4, -0.2) is 16.1 Å². The van der Waals surface area contributed by atoms with Gasteiger partial charge in [-0.05, 0) is 35.7 Å². The quantitative estimate of drug-likeness (QED) is 0.740. The van der Waals surface area contributed by atoms with Crippen molar-refractivity contribution in [1.29, 1.82) is 0 Å². The lowest BCUT2D eigenvalue weighted by Crippen LogP contribution is -2.06. The van der Waals surface area contributed by atoms with Gasteiger partial charge in [0, 0.05) is 0 Å². The fourth-order valence-corrected chi connectivity index (χ4v) is 2.12. The number of nitrogens with zero attached hydrogens (tertiary/aromatic N) is 2. The van der Waals surface area contributed by atoms with Crippen molar-refractivity contribution >= 4 is 39.1 Å². The number of ether oxygens (including phenoxy) is 1. The molecule has 0 N–H and O–H groups in total. The molecule has 1 aromatic heterocycles. The Hall–Kier alpha value is 0.1000. The molecule has 1 aliphatic rings. The van der Waals surface area contributed by atoms with E-state index < -0.39 is 0 Å². The highest BCUT2D eigenvalue weighted by molar-refractivity contribution is 9.10. The molecule has 0 aromatic carbocycles. The van der Waals surface area contributed by atoms with Gasteiger partial charge in [-0.2, -0.15) is 0 Å². The predicted octanol–water partition coefficient (Wildman–Crippen LogP) is 3.79. The van der Waals surface area contributed by atoms with Crippen LogP contribution in [0.4, 0.5) is 0 Å². The lowest BCUT2D eigenvalue weighted by Gasteiger charge is -2.10. The Labute approximate surface area is 106 Å². The SMILES string of the molecule is CC1CCC(c2nc(Cl)c(Br)c(Cl)n2)O1. The van der Waals surface area contributed by atoms with E-state index >= 15 is 0 Å². The van der Waals surface area contributed by atoms with Crippen LogP contribution in [0.25, 0.3) is 0 Å². The molecule has 2 heterocycles. The van der Waals surface area contributed by atoms with Gasteiger partial charge in [0.15, 0.2) is 5.82 Å². The van der Waals surface area contributed by atoms with Crippen molar-refractivity contribution in [2.24, 2.45) is 0 Å². The zero-order valence-electron chi connectivity index (χ0n) is 8.01. The van der Waals surface area contributed by atoms with Gasteiger partial charge in [-0.15, -0.1) is 0 Å². The van der Waals surface area contributed by atoms with Crippen molar-refractivity contribution in [1.82, 2.24) is 9.97 Å². The Kier molecular flexibility index (Phi) is 3.50. The predicted molar refractivity (Wildman–Crippen MR) is 62.3 cm³/mol. The molecule has 0 aliphatic carbocycles. The zero-order chi connectivity index (χ0) is 11.0. The van der Waals surface area contributed by atoms with E-state index in [9.17, 15) is 0 Å². The van der Waals surface area contributed by atoms with Crippen molar-refractivity contribution in [3.63, 3.8) is 0 Å². The second-order valence-corrected chi connectivity index (χ2v) is 5.00. The standard InChI is InChI=1S/C9H9BrCl2N2O/c1-4-2-3-5(15-4)9-13-7(11)6(10)8(12)14-9/h4-5H,2-3H2,1H3. The summed E-state index contributed by atoms with van der Waals surface area (Å²) in [5.74, 6) is 0.567. The minimum absolute atomic E-state index is 0.0805. The molecule has 0 amide bonds. The first-order valence-electron chi connectivity index (χ1n) is 4.62. The molecule has 82 valence electrons. The molecular weight excluding hydrogens is 303 g/mol. The summed E-state index contributed by atoms with van der Waals surface area (Å²) in [4.78, 5) is 8.30. The highest BCUT2D eigenvalue weighted by Gasteiger charge is 2.26. The van der Waals surface area contributed by atoms with Gasteiger partial charge in [-0.3, -0.25) is 0 Å². The van der Waals surface area contributed by atoms with Crippen molar-refractivity contribution in [3.8, 4) is 0 Å². The van der Waals surface area contributed by atoms with Crippen LogP contribution in [0.2, 0.25) is 10.3 Å². The molecule has 0 radical (unpaired) electrons. The monoisotopic (exact) mass is 310 g/mol. The van der Waals surface area contributed by atoms with E-state index in [0.29, 0.717) is 20.6 Å². The minimum atomic E-state index is -0.0805. The highest BCUT2D eigenvalue weighted by atomic mass is 79.9. The van der Waals surface area contributed by atoms with Crippen LogP contribution in [0.15, 0.2) is 4.47 Å². The molecule has 0 bridgehead atoms. The molecule has 15 heavy (non-hydrogen) atoms. The van der Waals surface area contributed by atoms with Crippen LogP contribution >= 0.6 is 39.1 Å². The van der Waals surface area contributed by atoms with Crippen molar-refractivity contribution in [2.75, 3.05) is 0 Å². The molecule has 1 aliphatic heterocycles. The van der Waals surface area contributed by atoms with Crippen molar-refractivity contribution < 1.29 is 4.74 Å². The largest absolute Gasteiger partial charge is 0.367 e. The van der Waals surface area contributed by atoms with Crippen LogP contribution < -0.4 is 0 Å². The first kappa shape index (κ1) is 11.6. The fraction of sp³-hybridized carbons (Fsp3) is 0.556. The third kappa shape index (κ3) is 2.44. The summed E-state index contributed by atoms with van der Waals surface area (Å²) in [5.41, 5.74) is 0. The Morgan fingerprint density at radius 2 is 1.87 bits per heavy atom. The Morgan fingerprint density at radius 1 is 1.27 bits per heavy atom. The van der Waals surface area contributed by atoms with Gasteiger partial charge >= 0.3 is 0 Å². The Balaban J connectivity index is 2.29. The van der Waals surface area contributed by atoms with Crippen LogP contribution in [0.5, 0.6) is 0 Å². The van der Waals surface area contributed by atoms with Crippen molar-refractivity contribution in [3.05, 3.63) is 20.6 Å². The molecule has 2 unspecified atom stereocenters. The molecule has 3 nitrogen and oxygen atoms in total. The number of rotatable bonds is 1. The smallest absolute Gasteiger partial charge is 0.160 e. The summed E-state index contributed by atoms with van der Waals surface area (Å²) < 4.78 is 6.17. The van der Waals surface area contributed by atoms with Gasteiger partial charge in [0.05, 0.1) is 10.6 Å². The first-order chi connectivity index (χ1) is 7.08. The topological polar surface area (TPSA) is 35.0 Å². The van der Waals surface area contributed by atoms with E-state index in [-0.39, 0.29) is 12.2 Å². The summed E-state index contributed by atoms with van der Waals surface area (Å²) in [5, 5.41) is 0.654. The normalized spacial score (nSPS) is 25.9. The van der Waals surface area contributed by atoms with Crippen LogP contribution in [0.3, 0.4) is 0 Å². The highest BCUT2D eigenvalue weighted by Crippen LogP contribution is 2.34. The Bertz CT molecular complexity index is 365. The number of aromatic nitrogens is 2. The van der Waals surface area contributed by atoms with E-state index in [2.05, 4.69) is 25.9 Å². The lowest BCUT2D eigenvalue weighted by atomic mass is 10.2. The van der Waals surface area contributed by atoms with E-state index in [4.69, 9.17) is 27.9 Å². The second kappa shape index (κ2) is 4.53. The molecule has 1 fully saturated rings. The maximum atomic E-state index is 5.90. The van der Waals surface area contributed by atoms with Crippen LogP contribution in [-0.2, 0) is 4.74 Å². The summed E-state index contributed by atoms with van der Waals surface area (Å²) in [6.45, 7) is 2.03. The number of halogens is 3. The van der Waals surface area contributed by atoms with Gasteiger partial charge in [0.2, 0.25) is 0 Å². The summed E-state index contributed by atoms with van der Waals surface area (Å²) in [7, 11) is 0. The Morgan fingerprint density at radius 3 is 2.33 bits per heavy atom. The number of hydrogen-bond donors (Lipinski definition) is 0. The van der Waals surface area contributed by atoms with Crippen molar-refractivity contribution in [2.45, 2.75) is 32.0 Å². The average molecular weight is 312 g/mol. The molecule has 1 saturated heterocycles. The van der Waals surface area contributed by atoms with Gasteiger partial charge in [-0.25, -0.2) is 9.97 Å². The molecular formula is C9H9BrCl2N2O. The van der Waals surface area contributed by atoms with E-state index in [1.807, 2.05) is 6.92 Å². The summed E-state index contributed by atoms with van der Waals surface area (Å²) in [6.07, 6.45) is 2.09. The zero-order valence-corrected chi connectivity index (χ0v) is 11.1. The maximum Gasteiger partial charge on any atom is 0.160 e. The van der Waals surface area contributed by atoms with Crippen LogP contribution in [0, 0.1) is 0 Å². The van der Waals surface area contributed by atoms with E-state index in [0.717, 1.165) is 12.8 Å². The second-order valence-electron chi connectivity index (χ2n) is 3.49. The maximum absolute atomic E-state index is 5.90. The summed E-state index contributed by atoms with van der Waals surface area (Å²) >= 11 is 15.0. The molecule has 0 saturated carbocycles. The molecule has 1 aromatic rings. The molecule has 6 heteroatoms. The van der Waals surface area contributed by atoms with E-state index in [1.54, 1.807) is 0 Å². The van der Waals surface area contributed by atoms with Gasteiger partial charge < -0.3 is 4.74 Å².